The van der Waals surface area contributed by atoms with Gasteiger partial charge in [0, 0.05) is 25.0 Å². The highest BCUT2D eigenvalue weighted by Gasteiger charge is 2.55. The van der Waals surface area contributed by atoms with Crippen LogP contribution >= 0.6 is 11.3 Å². The molecule has 3 rings (SSSR count). The number of nitrogen functional groups attached to an aromatic ring is 1. The number of carbonyl (C=O) groups excluding carboxylic acids is 2. The number of carbonyl (C=O) groups is 3. The third-order valence-electron chi connectivity index (χ3n) is 5.09. The van der Waals surface area contributed by atoms with E-state index in [4.69, 9.17) is 15.8 Å². The zero-order valence-corrected chi connectivity index (χ0v) is 20.4. The minimum absolute atomic E-state index is 0.0592. The summed E-state index contributed by atoms with van der Waals surface area (Å²) in [5, 5.41) is 28.2. The molecular formula is C17H21N9O8S2. The van der Waals surface area contributed by atoms with E-state index in [9.17, 15) is 32.5 Å². The lowest BCUT2D eigenvalue weighted by Crippen LogP contribution is -2.74. The maximum absolute atomic E-state index is 13.1. The van der Waals surface area contributed by atoms with Crippen molar-refractivity contribution < 1.29 is 37.3 Å². The summed E-state index contributed by atoms with van der Waals surface area (Å²) in [5.41, 5.74) is 3.17. The lowest BCUT2D eigenvalue weighted by atomic mass is 9.97. The average molecular weight is 544 g/mol. The zero-order valence-electron chi connectivity index (χ0n) is 18.8. The molecule has 2 fully saturated rings. The Morgan fingerprint density at radius 3 is 2.75 bits per heavy atom. The van der Waals surface area contributed by atoms with E-state index in [1.165, 1.54) is 24.1 Å². The van der Waals surface area contributed by atoms with Gasteiger partial charge in [-0.05, 0) is 13.8 Å². The summed E-state index contributed by atoms with van der Waals surface area (Å²) >= 11 is 0.953. The first-order valence-corrected chi connectivity index (χ1v) is 12.3. The Labute approximate surface area is 208 Å². The highest BCUT2D eigenvalue weighted by molar-refractivity contribution is 7.84. The number of hydrogen-bond donors (Lipinski definition) is 5. The number of amides is 2. The van der Waals surface area contributed by atoms with Gasteiger partial charge in [0.1, 0.15) is 11.7 Å². The van der Waals surface area contributed by atoms with Crippen molar-refractivity contribution in [2.24, 2.45) is 10.1 Å². The molecule has 0 aliphatic carbocycles. The molecule has 2 unspecified atom stereocenters. The summed E-state index contributed by atoms with van der Waals surface area (Å²) in [6, 6.07) is -2.73. The molecule has 0 saturated carbocycles. The Morgan fingerprint density at radius 1 is 1.50 bits per heavy atom. The predicted octanol–water partition coefficient (Wildman–Crippen LogP) is -2.45. The number of aliphatic imine (C=N–C) groups is 1. The van der Waals surface area contributed by atoms with Crippen LogP contribution in [0.1, 0.15) is 19.5 Å². The number of nitriles is 1. The van der Waals surface area contributed by atoms with E-state index in [-0.39, 0.29) is 27.6 Å². The van der Waals surface area contributed by atoms with Crippen molar-refractivity contribution >= 4 is 56.2 Å². The molecule has 0 radical (unpaired) electrons. The van der Waals surface area contributed by atoms with E-state index in [1.807, 2.05) is 0 Å². The maximum atomic E-state index is 13.1. The van der Waals surface area contributed by atoms with Gasteiger partial charge in [0.05, 0.1) is 6.04 Å². The minimum Gasteiger partial charge on any atom is -0.478 e. The zero-order chi connectivity index (χ0) is 26.8. The molecule has 19 heteroatoms. The third kappa shape index (κ3) is 5.45. The largest absolute Gasteiger partial charge is 0.478 e. The van der Waals surface area contributed by atoms with E-state index >= 15 is 0 Å². The van der Waals surface area contributed by atoms with Crippen LogP contribution in [0.15, 0.2) is 15.5 Å². The van der Waals surface area contributed by atoms with Crippen molar-refractivity contribution in [3.63, 3.8) is 0 Å². The Morgan fingerprint density at radius 2 is 2.19 bits per heavy atom. The van der Waals surface area contributed by atoms with E-state index in [0.29, 0.717) is 13.1 Å². The normalized spacial score (nSPS) is 21.6. The maximum Gasteiger partial charge on any atom is 0.362 e. The van der Waals surface area contributed by atoms with Crippen LogP contribution in [0.4, 0.5) is 5.13 Å². The van der Waals surface area contributed by atoms with Crippen LogP contribution in [-0.2, 0) is 29.5 Å². The second kappa shape index (κ2) is 9.92. The van der Waals surface area contributed by atoms with Crippen molar-refractivity contribution in [1.29, 1.82) is 5.26 Å². The first kappa shape index (κ1) is 26.6. The quantitative estimate of drug-likeness (QED) is 0.0713. The summed E-state index contributed by atoms with van der Waals surface area (Å²) < 4.78 is 33.3. The van der Waals surface area contributed by atoms with Crippen molar-refractivity contribution in [2.75, 3.05) is 25.4 Å². The van der Waals surface area contributed by atoms with Crippen molar-refractivity contribution in [2.45, 2.75) is 31.5 Å². The average Bonchev–Trinajstić information content (AvgIpc) is 3.39. The standard InChI is InChI=1S/C17H21N9O8S2/c1-17(2,14(29)30)34-24-10(8-6-35-15(19)22-8)12(27)23-11-9(26(13(11)28)36(31,32)33)5-25-4-3-20-16(25)21-7-18/h6,9,11H,3-5H2,1-2H3,(H2,19,22)(H,20,21)(H,23,27)(H,29,30)(H,31,32,33)/b24-10-. The summed E-state index contributed by atoms with van der Waals surface area (Å²) in [5.74, 6) is -3.44. The van der Waals surface area contributed by atoms with Gasteiger partial charge in [-0.3, -0.25) is 14.1 Å². The number of carboxylic acid groups (broad SMARTS) is 1. The second-order valence-electron chi connectivity index (χ2n) is 7.96. The number of anilines is 1. The lowest BCUT2D eigenvalue weighted by Gasteiger charge is -2.45. The highest BCUT2D eigenvalue weighted by Crippen LogP contribution is 2.25. The summed E-state index contributed by atoms with van der Waals surface area (Å²) in [6.07, 6.45) is 1.59. The lowest BCUT2D eigenvalue weighted by molar-refractivity contribution is -0.161. The van der Waals surface area contributed by atoms with Gasteiger partial charge in [0.2, 0.25) is 17.8 Å². The first-order chi connectivity index (χ1) is 16.8. The molecule has 17 nitrogen and oxygen atoms in total. The van der Waals surface area contributed by atoms with Gasteiger partial charge in [-0.15, -0.1) is 16.3 Å². The number of nitrogens with two attached hydrogens (primary N) is 1. The van der Waals surface area contributed by atoms with Gasteiger partial charge in [-0.1, -0.05) is 5.16 Å². The molecule has 1 aromatic heterocycles. The van der Waals surface area contributed by atoms with Crippen LogP contribution < -0.4 is 16.4 Å². The second-order valence-corrected chi connectivity index (χ2v) is 10.1. The number of carboxylic acids is 1. The van der Waals surface area contributed by atoms with Crippen molar-refractivity contribution in [3.05, 3.63) is 11.1 Å². The monoisotopic (exact) mass is 543 g/mol. The Bertz CT molecular complexity index is 1280. The number of aromatic nitrogens is 1. The molecule has 194 valence electrons. The Kier molecular flexibility index (Phi) is 7.33. The SMILES string of the molecule is CC(C)(O/N=C(\C(=O)NC1C(=O)N(S(=O)(=O)O)C1CN1CCN/C1=N\C#N)c1csc(N)n1)C(=O)O. The van der Waals surface area contributed by atoms with Gasteiger partial charge >= 0.3 is 16.3 Å². The van der Waals surface area contributed by atoms with Gasteiger partial charge in [0.25, 0.3) is 11.8 Å². The van der Waals surface area contributed by atoms with Crippen LogP contribution in [0.2, 0.25) is 0 Å². The molecule has 2 saturated heterocycles. The van der Waals surface area contributed by atoms with E-state index in [0.717, 1.165) is 11.3 Å². The summed E-state index contributed by atoms with van der Waals surface area (Å²) in [7, 11) is -4.98. The highest BCUT2D eigenvalue weighted by atomic mass is 32.2. The molecule has 0 aromatic carbocycles. The van der Waals surface area contributed by atoms with Gasteiger partial charge in [-0.2, -0.15) is 13.7 Å². The number of guanidine groups is 1. The van der Waals surface area contributed by atoms with Gasteiger partial charge < -0.3 is 31.2 Å². The van der Waals surface area contributed by atoms with Crippen LogP contribution in [-0.4, -0.2) is 99.0 Å². The number of hydrogen-bond acceptors (Lipinski definition) is 12. The molecule has 2 aliphatic heterocycles. The number of nitrogens with zero attached hydrogens (tertiary/aromatic N) is 6. The molecule has 36 heavy (non-hydrogen) atoms. The number of β-lactam (4-membered cyclic amide) rings is 1. The Balaban J connectivity index is 1.88. The molecule has 2 aliphatic rings. The van der Waals surface area contributed by atoms with Crippen LogP contribution in [0.5, 0.6) is 0 Å². The number of rotatable bonds is 9. The topological polar surface area (TPSA) is 253 Å². The first-order valence-electron chi connectivity index (χ1n) is 10.0. The van der Waals surface area contributed by atoms with Crippen LogP contribution in [0.25, 0.3) is 0 Å². The van der Waals surface area contributed by atoms with Gasteiger partial charge in [-0.25, -0.2) is 14.1 Å². The number of aliphatic carboxylic acids is 1. The Hall–Kier alpha value is -4.02. The third-order valence-corrected chi connectivity index (χ3v) is 6.71. The van der Waals surface area contributed by atoms with Gasteiger partial charge in [0.15, 0.2) is 10.8 Å². The number of thiazole rings is 1. The van der Waals surface area contributed by atoms with Crippen molar-refractivity contribution in [3.8, 4) is 6.19 Å². The number of nitrogens with one attached hydrogen (secondary N) is 2. The molecule has 0 bridgehead atoms. The molecule has 1 aromatic rings. The van der Waals surface area contributed by atoms with Crippen molar-refractivity contribution in [1.82, 2.24) is 24.8 Å². The molecular weight excluding hydrogens is 522 g/mol. The molecule has 6 N–H and O–H groups in total. The minimum atomic E-state index is -4.98. The smallest absolute Gasteiger partial charge is 0.362 e. The fourth-order valence-corrected chi connectivity index (χ4v) is 4.65. The molecule has 2 atom stereocenters. The van der Waals surface area contributed by atoms with Crippen LogP contribution in [0, 0.1) is 11.5 Å². The van der Waals surface area contributed by atoms with E-state index in [2.05, 4.69) is 25.8 Å². The molecule has 0 spiro atoms. The van der Waals surface area contributed by atoms with E-state index < -0.39 is 51.5 Å². The predicted molar refractivity (Wildman–Crippen MR) is 123 cm³/mol. The number of oxime groups is 1. The fraction of sp³-hybridized carbons (Fsp3) is 0.471. The van der Waals surface area contributed by atoms with E-state index in [1.54, 1.807) is 6.19 Å². The fourth-order valence-electron chi connectivity index (χ4n) is 3.23. The summed E-state index contributed by atoms with van der Waals surface area (Å²) in [6.45, 7) is 2.83. The molecule has 3 heterocycles. The summed E-state index contributed by atoms with van der Waals surface area (Å²) in [4.78, 5) is 50.9. The van der Waals surface area contributed by atoms with Crippen LogP contribution in [0.3, 0.4) is 0 Å². The molecule has 2 amide bonds.